The third-order valence-electron chi connectivity index (χ3n) is 2.27. The van der Waals surface area contributed by atoms with E-state index >= 15 is 0 Å². The van der Waals surface area contributed by atoms with Crippen LogP contribution in [0, 0.1) is 0 Å². The molecule has 0 aliphatic heterocycles. The van der Waals surface area contributed by atoms with Crippen molar-refractivity contribution in [2.24, 2.45) is 0 Å². The van der Waals surface area contributed by atoms with E-state index < -0.39 is 0 Å². The minimum atomic E-state index is 0.270. The molecule has 0 spiro atoms. The molecule has 1 N–H and O–H groups in total. The molecule has 0 unspecified atom stereocenters. The smallest absolute Gasteiger partial charge is 0.224 e. The topological polar surface area (TPSA) is 37.8 Å². The van der Waals surface area contributed by atoms with Gasteiger partial charge in [-0.2, -0.15) is 0 Å². The summed E-state index contributed by atoms with van der Waals surface area (Å²) in [5, 5.41) is 5.62. The van der Waals surface area contributed by atoms with Crippen molar-refractivity contribution in [3.05, 3.63) is 39.4 Å². The third-order valence-corrected chi connectivity index (χ3v) is 3.42. The van der Waals surface area contributed by atoms with Gasteiger partial charge in [-0.15, -0.1) is 11.3 Å². The van der Waals surface area contributed by atoms with Crippen LogP contribution in [-0.2, 0) is 13.0 Å². The number of nitrogens with one attached hydrogen (secondary N) is 1. The van der Waals surface area contributed by atoms with Crippen molar-refractivity contribution in [2.45, 2.75) is 19.9 Å². The van der Waals surface area contributed by atoms with Gasteiger partial charge in [0.2, 0.25) is 5.28 Å². The number of rotatable bonds is 4. The quantitative estimate of drug-likeness (QED) is 0.849. The second-order valence-electron chi connectivity index (χ2n) is 3.29. The molecule has 0 atom stereocenters. The fraction of sp³-hybridized carbons (Fsp3) is 0.273. The van der Waals surface area contributed by atoms with Crippen LogP contribution in [0.25, 0.3) is 0 Å². The number of hydrogen-bond donors (Lipinski definition) is 1. The van der Waals surface area contributed by atoms with Gasteiger partial charge in [-0.05, 0) is 41.1 Å². The Balaban J connectivity index is 2.02. The molecule has 0 amide bonds. The van der Waals surface area contributed by atoms with E-state index in [-0.39, 0.29) is 5.28 Å². The van der Waals surface area contributed by atoms with Gasteiger partial charge in [-0.25, -0.2) is 9.97 Å². The van der Waals surface area contributed by atoms with E-state index in [0.717, 1.165) is 18.8 Å². The predicted octanol–water partition coefficient (Wildman–Crippen LogP) is 3.37. The molecule has 0 fully saturated rings. The molecule has 0 radical (unpaired) electrons. The maximum atomic E-state index is 5.70. The summed E-state index contributed by atoms with van der Waals surface area (Å²) >= 11 is 7.46. The number of anilines is 1. The van der Waals surface area contributed by atoms with Crippen molar-refractivity contribution >= 4 is 28.8 Å². The van der Waals surface area contributed by atoms with Gasteiger partial charge in [0.25, 0.3) is 0 Å². The first-order valence-electron chi connectivity index (χ1n) is 5.07. The first-order valence-corrected chi connectivity index (χ1v) is 6.33. The van der Waals surface area contributed by atoms with Crippen molar-refractivity contribution in [1.29, 1.82) is 0 Å². The van der Waals surface area contributed by atoms with Crippen LogP contribution in [0.4, 0.5) is 5.82 Å². The lowest BCUT2D eigenvalue weighted by Crippen LogP contribution is -2.01. The predicted molar refractivity (Wildman–Crippen MR) is 68.1 cm³/mol. The Bertz CT molecular complexity index is 470. The van der Waals surface area contributed by atoms with Gasteiger partial charge in [0.05, 0.1) is 6.54 Å². The van der Waals surface area contributed by atoms with Crippen molar-refractivity contribution < 1.29 is 0 Å². The van der Waals surface area contributed by atoms with Crippen LogP contribution in [0.2, 0.25) is 5.28 Å². The average Bonchev–Trinajstić information content (AvgIpc) is 2.74. The first-order chi connectivity index (χ1) is 7.79. The minimum absolute atomic E-state index is 0.270. The van der Waals surface area contributed by atoms with Crippen molar-refractivity contribution in [3.8, 4) is 0 Å². The van der Waals surface area contributed by atoms with Crippen LogP contribution in [0.3, 0.4) is 0 Å². The molecular weight excluding hydrogens is 242 g/mol. The lowest BCUT2D eigenvalue weighted by Gasteiger charge is -2.05. The van der Waals surface area contributed by atoms with Gasteiger partial charge in [-0.3, -0.25) is 0 Å². The molecule has 0 aromatic carbocycles. The van der Waals surface area contributed by atoms with E-state index in [2.05, 4.69) is 33.7 Å². The summed E-state index contributed by atoms with van der Waals surface area (Å²) in [7, 11) is 0. The van der Waals surface area contributed by atoms with Crippen LogP contribution in [0.15, 0.2) is 23.7 Å². The molecule has 5 heteroatoms. The summed E-state index contributed by atoms with van der Waals surface area (Å²) in [5.41, 5.74) is 1.39. The molecule has 2 aromatic rings. The number of aromatic nitrogens is 2. The van der Waals surface area contributed by atoms with Crippen LogP contribution in [0.5, 0.6) is 0 Å². The highest BCUT2D eigenvalue weighted by Gasteiger charge is 2.02. The van der Waals surface area contributed by atoms with Gasteiger partial charge >= 0.3 is 0 Å². The summed E-state index contributed by atoms with van der Waals surface area (Å²) in [5.74, 6) is 0.760. The van der Waals surface area contributed by atoms with Gasteiger partial charge < -0.3 is 5.32 Å². The lowest BCUT2D eigenvalue weighted by molar-refractivity contribution is 1.05. The number of thiophene rings is 1. The Labute approximate surface area is 104 Å². The number of nitrogens with zero attached hydrogens (tertiary/aromatic N) is 2. The Hall–Kier alpha value is -1.13. The second kappa shape index (κ2) is 5.27. The molecule has 0 bridgehead atoms. The lowest BCUT2D eigenvalue weighted by atomic mass is 10.2. The van der Waals surface area contributed by atoms with Crippen LogP contribution < -0.4 is 5.32 Å². The second-order valence-corrected chi connectivity index (χ2v) is 4.63. The van der Waals surface area contributed by atoms with Crippen LogP contribution in [0.1, 0.15) is 17.4 Å². The molecule has 2 aromatic heterocycles. The standard InChI is InChI=1S/C11H12ClN3S/c1-2-8-4-6-16-9(8)7-14-10-3-5-13-11(12)15-10/h3-6H,2,7H2,1H3,(H,13,14,15). The van der Waals surface area contributed by atoms with E-state index in [9.17, 15) is 0 Å². The normalized spacial score (nSPS) is 10.4. The minimum Gasteiger partial charge on any atom is -0.365 e. The Morgan fingerprint density at radius 3 is 3.06 bits per heavy atom. The van der Waals surface area contributed by atoms with Gasteiger partial charge in [0, 0.05) is 11.1 Å². The maximum Gasteiger partial charge on any atom is 0.224 e. The number of hydrogen-bond acceptors (Lipinski definition) is 4. The first kappa shape index (κ1) is 11.4. The van der Waals surface area contributed by atoms with Crippen molar-refractivity contribution in [2.75, 3.05) is 5.32 Å². The molecule has 0 aliphatic rings. The molecule has 3 nitrogen and oxygen atoms in total. The highest BCUT2D eigenvalue weighted by atomic mass is 35.5. The fourth-order valence-corrected chi connectivity index (χ4v) is 2.50. The molecular formula is C11H12ClN3S. The van der Waals surface area contributed by atoms with E-state index in [1.54, 1.807) is 17.5 Å². The summed E-state index contributed by atoms with van der Waals surface area (Å²) in [6, 6.07) is 3.97. The molecule has 16 heavy (non-hydrogen) atoms. The highest BCUT2D eigenvalue weighted by Crippen LogP contribution is 2.18. The molecule has 0 saturated heterocycles. The Morgan fingerprint density at radius 2 is 2.31 bits per heavy atom. The van der Waals surface area contributed by atoms with Crippen molar-refractivity contribution in [3.63, 3.8) is 0 Å². The molecule has 0 saturated carbocycles. The monoisotopic (exact) mass is 253 g/mol. The highest BCUT2D eigenvalue weighted by molar-refractivity contribution is 7.10. The van der Waals surface area contributed by atoms with E-state index in [4.69, 9.17) is 11.6 Å². The third kappa shape index (κ3) is 2.71. The zero-order valence-electron chi connectivity index (χ0n) is 8.90. The van der Waals surface area contributed by atoms with Gasteiger partial charge in [-0.1, -0.05) is 6.92 Å². The maximum absolute atomic E-state index is 5.70. The van der Waals surface area contributed by atoms with Crippen LogP contribution in [-0.4, -0.2) is 9.97 Å². The van der Waals surface area contributed by atoms with E-state index in [1.807, 2.05) is 6.07 Å². The average molecular weight is 254 g/mol. The fourth-order valence-electron chi connectivity index (χ4n) is 1.44. The number of aryl methyl sites for hydroxylation is 1. The molecule has 0 aliphatic carbocycles. The summed E-state index contributed by atoms with van der Waals surface area (Å²) in [4.78, 5) is 9.26. The van der Waals surface area contributed by atoms with E-state index in [0.29, 0.717) is 0 Å². The summed E-state index contributed by atoms with van der Waals surface area (Å²) in [6.45, 7) is 2.95. The zero-order valence-corrected chi connectivity index (χ0v) is 10.5. The van der Waals surface area contributed by atoms with Crippen molar-refractivity contribution in [1.82, 2.24) is 9.97 Å². The Morgan fingerprint density at radius 1 is 1.44 bits per heavy atom. The molecule has 2 rings (SSSR count). The largest absolute Gasteiger partial charge is 0.365 e. The Kier molecular flexibility index (Phi) is 3.74. The molecule has 84 valence electrons. The van der Waals surface area contributed by atoms with E-state index in [1.165, 1.54) is 10.4 Å². The van der Waals surface area contributed by atoms with Crippen LogP contribution >= 0.6 is 22.9 Å². The zero-order chi connectivity index (χ0) is 11.4. The summed E-state index contributed by atoms with van der Waals surface area (Å²) < 4.78 is 0. The number of halogens is 1. The SMILES string of the molecule is CCc1ccsc1CNc1ccnc(Cl)n1. The molecule has 2 heterocycles. The summed E-state index contributed by atoms with van der Waals surface area (Å²) in [6.07, 6.45) is 2.71. The van der Waals surface area contributed by atoms with Gasteiger partial charge in [0.15, 0.2) is 0 Å². The van der Waals surface area contributed by atoms with Gasteiger partial charge in [0.1, 0.15) is 5.82 Å².